The molecule has 3 nitrogen and oxygen atoms in total. The highest BCUT2D eigenvalue weighted by atomic mass is 16.7. The fourth-order valence-corrected chi connectivity index (χ4v) is 6.25. The van der Waals surface area contributed by atoms with E-state index in [1.54, 1.807) is 0 Å². The van der Waals surface area contributed by atoms with Crippen LogP contribution in [-0.4, -0.2) is 12.8 Å². The van der Waals surface area contributed by atoms with Crippen molar-refractivity contribution in [3.63, 3.8) is 0 Å². The lowest BCUT2D eigenvalue weighted by Gasteiger charge is -2.59. The molecule has 1 aliphatic heterocycles. The van der Waals surface area contributed by atoms with Crippen molar-refractivity contribution < 1.29 is 9.47 Å². The van der Waals surface area contributed by atoms with Crippen LogP contribution in [0, 0.1) is 23.2 Å². The van der Waals surface area contributed by atoms with Crippen LogP contribution in [0.25, 0.3) is 0 Å². The van der Waals surface area contributed by atoms with Crippen LogP contribution in [0.4, 0.5) is 0 Å². The van der Waals surface area contributed by atoms with Crippen molar-refractivity contribution in [3.05, 3.63) is 23.8 Å². The molecule has 23 heavy (non-hydrogen) atoms. The number of hydrogen-bond acceptors (Lipinski definition) is 3. The highest BCUT2D eigenvalue weighted by molar-refractivity contribution is 5.44. The molecule has 1 aromatic rings. The number of fused-ring (bicyclic) bond motifs is 1. The second-order valence-electron chi connectivity index (χ2n) is 8.57. The van der Waals surface area contributed by atoms with Gasteiger partial charge in [-0.3, -0.25) is 0 Å². The molecule has 0 aromatic heterocycles. The van der Waals surface area contributed by atoms with Crippen LogP contribution in [0.2, 0.25) is 0 Å². The standard InChI is InChI=1S/C20H27NO2/c1-13(20-8-15-4-16(9-20)6-17(5-15)10-20)21-11-14-2-3-18-19(7-14)23-12-22-18/h2-3,7,13,15-17,21H,4-6,8-12H2,1H3/t13-,15?,16?,17?,20?/m1/s1. The normalized spacial score (nSPS) is 38.0. The van der Waals surface area contributed by atoms with Gasteiger partial charge in [0.15, 0.2) is 11.5 Å². The van der Waals surface area contributed by atoms with E-state index in [1.165, 1.54) is 44.1 Å². The second-order valence-corrected chi connectivity index (χ2v) is 8.57. The fourth-order valence-electron chi connectivity index (χ4n) is 6.25. The van der Waals surface area contributed by atoms with Gasteiger partial charge >= 0.3 is 0 Å². The Morgan fingerprint density at radius 3 is 2.39 bits per heavy atom. The van der Waals surface area contributed by atoms with E-state index < -0.39 is 0 Å². The lowest BCUT2D eigenvalue weighted by Crippen LogP contribution is -2.54. The third kappa shape index (κ3) is 2.36. The molecule has 0 saturated heterocycles. The molecule has 0 radical (unpaired) electrons. The minimum Gasteiger partial charge on any atom is -0.454 e. The molecule has 0 unspecified atom stereocenters. The zero-order chi connectivity index (χ0) is 15.4. The number of rotatable bonds is 4. The molecule has 4 bridgehead atoms. The predicted octanol–water partition coefficient (Wildman–Crippen LogP) is 4.11. The van der Waals surface area contributed by atoms with Gasteiger partial charge in [0.2, 0.25) is 6.79 Å². The molecule has 1 heterocycles. The van der Waals surface area contributed by atoms with Gasteiger partial charge < -0.3 is 14.8 Å². The summed E-state index contributed by atoms with van der Waals surface area (Å²) >= 11 is 0. The van der Waals surface area contributed by atoms with Crippen molar-refractivity contribution in [2.75, 3.05) is 6.79 Å². The van der Waals surface area contributed by atoms with Gasteiger partial charge in [0.1, 0.15) is 0 Å². The third-order valence-corrected chi connectivity index (χ3v) is 7.05. The first-order valence-electron chi connectivity index (χ1n) is 9.32. The Morgan fingerprint density at radius 1 is 1.04 bits per heavy atom. The molecule has 1 aromatic carbocycles. The Labute approximate surface area is 138 Å². The average Bonchev–Trinajstić information content (AvgIpc) is 2.99. The fraction of sp³-hybridized carbons (Fsp3) is 0.700. The summed E-state index contributed by atoms with van der Waals surface area (Å²) in [5.41, 5.74) is 1.87. The van der Waals surface area contributed by atoms with Crippen LogP contribution in [0.15, 0.2) is 18.2 Å². The first-order chi connectivity index (χ1) is 11.2. The molecule has 0 amide bonds. The summed E-state index contributed by atoms with van der Waals surface area (Å²) in [5.74, 6) is 4.85. The van der Waals surface area contributed by atoms with Crippen molar-refractivity contribution >= 4 is 0 Å². The quantitative estimate of drug-likeness (QED) is 0.907. The molecule has 0 spiro atoms. The van der Waals surface area contributed by atoms with Gasteiger partial charge in [-0.1, -0.05) is 6.07 Å². The second kappa shape index (κ2) is 5.14. The maximum atomic E-state index is 5.50. The van der Waals surface area contributed by atoms with E-state index in [0.717, 1.165) is 35.8 Å². The average molecular weight is 313 g/mol. The van der Waals surface area contributed by atoms with Gasteiger partial charge in [0, 0.05) is 12.6 Å². The Kier molecular flexibility index (Phi) is 3.16. The lowest BCUT2D eigenvalue weighted by molar-refractivity contribution is -0.0706. The monoisotopic (exact) mass is 313 g/mol. The maximum absolute atomic E-state index is 5.50. The van der Waals surface area contributed by atoms with Crippen LogP contribution in [-0.2, 0) is 6.54 Å². The van der Waals surface area contributed by atoms with Crippen LogP contribution in [0.3, 0.4) is 0 Å². The Morgan fingerprint density at radius 2 is 1.70 bits per heavy atom. The highest BCUT2D eigenvalue weighted by Gasteiger charge is 2.52. The summed E-state index contributed by atoms with van der Waals surface area (Å²) in [6.45, 7) is 3.72. The summed E-state index contributed by atoms with van der Waals surface area (Å²) in [7, 11) is 0. The van der Waals surface area contributed by atoms with E-state index in [2.05, 4.69) is 24.4 Å². The van der Waals surface area contributed by atoms with Crippen LogP contribution >= 0.6 is 0 Å². The first kappa shape index (κ1) is 14.2. The van der Waals surface area contributed by atoms with E-state index in [4.69, 9.17) is 9.47 Å². The minimum atomic E-state index is 0.357. The number of ether oxygens (including phenoxy) is 2. The van der Waals surface area contributed by atoms with Crippen LogP contribution in [0.5, 0.6) is 11.5 Å². The summed E-state index contributed by atoms with van der Waals surface area (Å²) in [6, 6.07) is 6.94. The van der Waals surface area contributed by atoms with Gasteiger partial charge in [-0.2, -0.15) is 0 Å². The smallest absolute Gasteiger partial charge is 0.231 e. The maximum Gasteiger partial charge on any atom is 0.231 e. The molecule has 4 fully saturated rings. The molecule has 124 valence electrons. The van der Waals surface area contributed by atoms with Crippen molar-refractivity contribution in [3.8, 4) is 11.5 Å². The predicted molar refractivity (Wildman–Crippen MR) is 89.5 cm³/mol. The van der Waals surface area contributed by atoms with Crippen molar-refractivity contribution in [1.29, 1.82) is 0 Å². The Hall–Kier alpha value is -1.22. The molecule has 1 atom stereocenters. The van der Waals surface area contributed by atoms with E-state index in [1.807, 2.05) is 6.07 Å². The van der Waals surface area contributed by atoms with Crippen LogP contribution < -0.4 is 14.8 Å². The summed E-state index contributed by atoms with van der Waals surface area (Å²) < 4.78 is 10.9. The number of hydrogen-bond donors (Lipinski definition) is 1. The van der Waals surface area contributed by atoms with Crippen molar-refractivity contribution in [2.24, 2.45) is 23.2 Å². The summed E-state index contributed by atoms with van der Waals surface area (Å²) in [6.07, 6.45) is 8.97. The largest absolute Gasteiger partial charge is 0.454 e. The molecule has 1 N–H and O–H groups in total. The van der Waals surface area contributed by atoms with Gasteiger partial charge in [0.05, 0.1) is 0 Å². The van der Waals surface area contributed by atoms with Crippen LogP contribution in [0.1, 0.15) is 51.0 Å². The molecule has 4 saturated carbocycles. The highest BCUT2D eigenvalue weighted by Crippen LogP contribution is 2.61. The van der Waals surface area contributed by atoms with Crippen molar-refractivity contribution in [1.82, 2.24) is 5.32 Å². The Balaban J connectivity index is 1.28. The number of nitrogens with one attached hydrogen (secondary N) is 1. The molecule has 4 aliphatic carbocycles. The van der Waals surface area contributed by atoms with E-state index >= 15 is 0 Å². The van der Waals surface area contributed by atoms with Crippen molar-refractivity contribution in [2.45, 2.75) is 58.0 Å². The zero-order valence-corrected chi connectivity index (χ0v) is 14.0. The topological polar surface area (TPSA) is 30.5 Å². The van der Waals surface area contributed by atoms with E-state index in [0.29, 0.717) is 18.2 Å². The molecular formula is C20H27NO2. The van der Waals surface area contributed by atoms with Gasteiger partial charge in [-0.25, -0.2) is 0 Å². The lowest BCUT2D eigenvalue weighted by atomic mass is 9.48. The van der Waals surface area contributed by atoms with E-state index in [-0.39, 0.29) is 0 Å². The molecular weight excluding hydrogens is 286 g/mol. The zero-order valence-electron chi connectivity index (χ0n) is 14.0. The Bertz CT molecular complexity index is 576. The molecule has 3 heteroatoms. The van der Waals surface area contributed by atoms with E-state index in [9.17, 15) is 0 Å². The minimum absolute atomic E-state index is 0.357. The summed E-state index contributed by atoms with van der Waals surface area (Å²) in [4.78, 5) is 0. The third-order valence-electron chi connectivity index (χ3n) is 7.05. The van der Waals surface area contributed by atoms with Gasteiger partial charge in [-0.05, 0) is 86.3 Å². The molecule has 5 aliphatic rings. The number of benzene rings is 1. The van der Waals surface area contributed by atoms with Gasteiger partial charge in [0.25, 0.3) is 0 Å². The summed E-state index contributed by atoms with van der Waals surface area (Å²) in [5, 5.41) is 3.85. The SMILES string of the molecule is C[C@@H](NCc1ccc2c(c1)OCO2)C12CC3CC(CC(C3)C1)C2. The van der Waals surface area contributed by atoms with Gasteiger partial charge in [-0.15, -0.1) is 0 Å². The molecule has 6 rings (SSSR count). The first-order valence-corrected chi connectivity index (χ1v) is 9.32.